The van der Waals surface area contributed by atoms with E-state index < -0.39 is 0 Å². The van der Waals surface area contributed by atoms with Crippen LogP contribution in [-0.4, -0.2) is 22.7 Å². The molecule has 3 rings (SSSR count). The molecule has 152 valence electrons. The maximum absolute atomic E-state index is 12.9. The molecule has 3 aromatic rings. The lowest BCUT2D eigenvalue weighted by atomic mass is 10.2. The normalized spacial score (nSPS) is 10.7. The lowest BCUT2D eigenvalue weighted by molar-refractivity contribution is 0.102. The molecular weight excluding hydrogens is 409 g/mol. The summed E-state index contributed by atoms with van der Waals surface area (Å²) in [5.74, 6) is 0.917. The minimum atomic E-state index is -0.254. The predicted molar refractivity (Wildman–Crippen MR) is 115 cm³/mol. The number of rotatable bonds is 10. The van der Waals surface area contributed by atoms with Gasteiger partial charge in [-0.3, -0.25) is 10.1 Å². The number of unbranched alkanes of at least 4 members (excludes halogenated alkanes) is 2. The fourth-order valence-corrected chi connectivity index (χ4v) is 4.16. The monoisotopic (exact) mass is 431 g/mol. The standard InChI is InChI=1S/C21H22FN3O2S2/c1-2-3-4-13-27-18-11-7-16(8-12-18)19(26)23-20-24-25-21(29-20)28-14-15-5-9-17(22)10-6-15/h5-12H,2-4,13-14H2,1H3,(H,23,24,26). The fraction of sp³-hybridized carbons (Fsp3) is 0.286. The van der Waals surface area contributed by atoms with Gasteiger partial charge in [0.05, 0.1) is 6.61 Å². The second-order valence-corrected chi connectivity index (χ2v) is 8.52. The van der Waals surface area contributed by atoms with E-state index in [0.717, 1.165) is 34.9 Å². The first kappa shape index (κ1) is 21.3. The van der Waals surface area contributed by atoms with Gasteiger partial charge in [-0.05, 0) is 48.4 Å². The second kappa shape index (κ2) is 10.9. The number of thioether (sulfide) groups is 1. The minimum absolute atomic E-state index is 0.242. The molecule has 0 aliphatic rings. The van der Waals surface area contributed by atoms with E-state index in [-0.39, 0.29) is 11.7 Å². The van der Waals surface area contributed by atoms with Gasteiger partial charge >= 0.3 is 0 Å². The highest BCUT2D eigenvalue weighted by molar-refractivity contribution is 8.00. The summed E-state index contributed by atoms with van der Waals surface area (Å²) in [6, 6.07) is 13.4. The molecule has 29 heavy (non-hydrogen) atoms. The predicted octanol–water partition coefficient (Wildman–Crippen LogP) is 5.79. The molecule has 0 atom stereocenters. The zero-order chi connectivity index (χ0) is 20.5. The van der Waals surface area contributed by atoms with Gasteiger partial charge in [-0.1, -0.05) is 55.0 Å². The Labute approximate surface area is 177 Å². The van der Waals surface area contributed by atoms with Gasteiger partial charge in [0, 0.05) is 11.3 Å². The zero-order valence-electron chi connectivity index (χ0n) is 16.1. The van der Waals surface area contributed by atoms with Crippen LogP contribution in [0, 0.1) is 5.82 Å². The smallest absolute Gasteiger partial charge is 0.257 e. The second-order valence-electron chi connectivity index (χ2n) is 6.32. The quantitative estimate of drug-likeness (QED) is 0.250. The lowest BCUT2D eigenvalue weighted by Gasteiger charge is -2.06. The molecule has 8 heteroatoms. The number of hydrogen-bond acceptors (Lipinski definition) is 6. The van der Waals surface area contributed by atoms with E-state index in [2.05, 4.69) is 22.4 Å². The van der Waals surface area contributed by atoms with Crippen molar-refractivity contribution in [3.63, 3.8) is 0 Å². The van der Waals surface area contributed by atoms with Crippen LogP contribution in [0.3, 0.4) is 0 Å². The summed E-state index contributed by atoms with van der Waals surface area (Å²) in [4.78, 5) is 12.4. The van der Waals surface area contributed by atoms with Crippen molar-refractivity contribution in [1.29, 1.82) is 0 Å². The maximum Gasteiger partial charge on any atom is 0.257 e. The third-order valence-corrected chi connectivity index (χ3v) is 6.08. The number of carbonyl (C=O) groups excluding carboxylic acids is 1. The summed E-state index contributed by atoms with van der Waals surface area (Å²) in [6.45, 7) is 2.83. The van der Waals surface area contributed by atoms with Gasteiger partial charge in [-0.25, -0.2) is 4.39 Å². The van der Waals surface area contributed by atoms with Gasteiger partial charge < -0.3 is 4.74 Å². The van der Waals surface area contributed by atoms with Crippen LogP contribution in [0.2, 0.25) is 0 Å². The first-order valence-corrected chi connectivity index (χ1v) is 11.2. The maximum atomic E-state index is 12.9. The van der Waals surface area contributed by atoms with Crippen LogP contribution in [0.25, 0.3) is 0 Å². The summed E-state index contributed by atoms with van der Waals surface area (Å²) < 4.78 is 19.3. The van der Waals surface area contributed by atoms with Crippen LogP contribution in [0.1, 0.15) is 42.1 Å². The largest absolute Gasteiger partial charge is 0.494 e. The van der Waals surface area contributed by atoms with Gasteiger partial charge in [0.15, 0.2) is 4.34 Å². The van der Waals surface area contributed by atoms with Gasteiger partial charge in [-0.15, -0.1) is 10.2 Å². The molecule has 2 aromatic carbocycles. The molecule has 0 unspecified atom stereocenters. The van der Waals surface area contributed by atoms with E-state index in [1.54, 1.807) is 36.4 Å². The number of ether oxygens (including phenoxy) is 1. The zero-order valence-corrected chi connectivity index (χ0v) is 17.7. The van der Waals surface area contributed by atoms with E-state index >= 15 is 0 Å². The Balaban J connectivity index is 1.48. The lowest BCUT2D eigenvalue weighted by Crippen LogP contribution is -2.11. The number of amides is 1. The SMILES string of the molecule is CCCCCOc1ccc(C(=O)Nc2nnc(SCc3ccc(F)cc3)s2)cc1. The first-order chi connectivity index (χ1) is 14.1. The van der Waals surface area contributed by atoms with Crippen LogP contribution >= 0.6 is 23.1 Å². The number of hydrogen-bond donors (Lipinski definition) is 1. The molecule has 1 aromatic heterocycles. The molecule has 5 nitrogen and oxygen atoms in total. The van der Waals surface area contributed by atoms with E-state index in [9.17, 15) is 9.18 Å². The Morgan fingerprint density at radius 1 is 1.10 bits per heavy atom. The van der Waals surface area contributed by atoms with Crippen molar-refractivity contribution in [2.45, 2.75) is 36.3 Å². The van der Waals surface area contributed by atoms with Gasteiger partial charge in [0.2, 0.25) is 5.13 Å². The van der Waals surface area contributed by atoms with Crippen molar-refractivity contribution < 1.29 is 13.9 Å². The molecule has 0 radical (unpaired) electrons. The first-order valence-electron chi connectivity index (χ1n) is 9.39. The molecule has 1 amide bonds. The molecule has 1 N–H and O–H groups in total. The van der Waals surface area contributed by atoms with Crippen LogP contribution in [-0.2, 0) is 5.75 Å². The summed E-state index contributed by atoms with van der Waals surface area (Å²) in [6.07, 6.45) is 3.32. The van der Waals surface area contributed by atoms with Crippen LogP contribution in [0.5, 0.6) is 5.75 Å². The average molecular weight is 432 g/mol. The van der Waals surface area contributed by atoms with E-state index in [4.69, 9.17) is 4.74 Å². The third kappa shape index (κ3) is 6.83. The highest BCUT2D eigenvalue weighted by atomic mass is 32.2. The summed E-state index contributed by atoms with van der Waals surface area (Å²) in [5.41, 5.74) is 1.52. The number of halogens is 1. The molecule has 0 bridgehead atoms. The van der Waals surface area contributed by atoms with Crippen molar-refractivity contribution in [1.82, 2.24) is 10.2 Å². The summed E-state index contributed by atoms with van der Waals surface area (Å²) in [5, 5.41) is 11.3. The average Bonchev–Trinajstić information content (AvgIpc) is 3.18. The van der Waals surface area contributed by atoms with Gasteiger partial charge in [-0.2, -0.15) is 0 Å². The molecule has 0 saturated carbocycles. The van der Waals surface area contributed by atoms with Crippen molar-refractivity contribution in [2.75, 3.05) is 11.9 Å². The summed E-state index contributed by atoms with van der Waals surface area (Å²) in [7, 11) is 0. The molecule has 0 spiro atoms. The molecule has 0 aliphatic heterocycles. The van der Waals surface area contributed by atoms with E-state index in [1.807, 2.05) is 0 Å². The third-order valence-electron chi connectivity index (χ3n) is 4.04. The highest BCUT2D eigenvalue weighted by Gasteiger charge is 2.11. The van der Waals surface area contributed by atoms with Crippen molar-refractivity contribution in [3.8, 4) is 5.75 Å². The Morgan fingerprint density at radius 2 is 1.86 bits per heavy atom. The molecule has 0 saturated heterocycles. The highest BCUT2D eigenvalue weighted by Crippen LogP contribution is 2.28. The Hall–Kier alpha value is -2.45. The molecule has 0 aliphatic carbocycles. The fourth-order valence-electron chi connectivity index (χ4n) is 2.46. The number of aromatic nitrogens is 2. The number of nitrogens with one attached hydrogen (secondary N) is 1. The minimum Gasteiger partial charge on any atom is -0.494 e. The van der Waals surface area contributed by atoms with Crippen LogP contribution in [0.4, 0.5) is 9.52 Å². The Morgan fingerprint density at radius 3 is 2.59 bits per heavy atom. The topological polar surface area (TPSA) is 64.1 Å². The van der Waals surface area contributed by atoms with Crippen LogP contribution in [0.15, 0.2) is 52.9 Å². The number of nitrogens with zero attached hydrogens (tertiary/aromatic N) is 2. The Kier molecular flexibility index (Phi) is 8.01. The van der Waals surface area contributed by atoms with Gasteiger partial charge in [0.25, 0.3) is 5.91 Å². The van der Waals surface area contributed by atoms with Crippen LogP contribution < -0.4 is 10.1 Å². The molecular formula is C21H22FN3O2S2. The van der Waals surface area contributed by atoms with Crippen molar-refractivity contribution in [2.24, 2.45) is 0 Å². The van der Waals surface area contributed by atoms with Crippen molar-refractivity contribution in [3.05, 3.63) is 65.5 Å². The number of benzene rings is 2. The number of anilines is 1. The summed E-state index contributed by atoms with van der Waals surface area (Å²) >= 11 is 2.80. The van der Waals surface area contributed by atoms with E-state index in [0.29, 0.717) is 23.1 Å². The van der Waals surface area contributed by atoms with E-state index in [1.165, 1.54) is 35.2 Å². The Bertz CT molecular complexity index is 914. The number of carbonyl (C=O) groups is 1. The molecule has 0 fully saturated rings. The van der Waals surface area contributed by atoms with Gasteiger partial charge in [0.1, 0.15) is 11.6 Å². The molecule has 1 heterocycles. The van der Waals surface area contributed by atoms with Crippen molar-refractivity contribution >= 4 is 34.1 Å².